The number of rotatable bonds is 9. The van der Waals surface area contributed by atoms with Gasteiger partial charge >= 0.3 is 5.97 Å². The van der Waals surface area contributed by atoms with Crippen LogP contribution in [0.4, 0.5) is 5.69 Å². The summed E-state index contributed by atoms with van der Waals surface area (Å²) in [4.78, 5) is 38.3. The van der Waals surface area contributed by atoms with Gasteiger partial charge in [-0.2, -0.15) is 10.2 Å². The van der Waals surface area contributed by atoms with Crippen LogP contribution >= 0.6 is 11.8 Å². The molecule has 1 amide bonds. The normalized spacial score (nSPS) is 15.4. The van der Waals surface area contributed by atoms with Crippen LogP contribution in [0.1, 0.15) is 30.3 Å². The van der Waals surface area contributed by atoms with Crippen molar-refractivity contribution in [2.24, 2.45) is 5.92 Å². The first kappa shape index (κ1) is 30.0. The van der Waals surface area contributed by atoms with Crippen LogP contribution in [-0.4, -0.2) is 98.3 Å². The summed E-state index contributed by atoms with van der Waals surface area (Å²) in [5, 5.41) is 16.4. The van der Waals surface area contributed by atoms with Crippen LogP contribution < -0.4 is 15.4 Å². The number of piperidine rings is 1. The molecular weight excluding hydrogens is 606 g/mol. The van der Waals surface area contributed by atoms with E-state index in [0.29, 0.717) is 47.7 Å². The number of pyridine rings is 1. The van der Waals surface area contributed by atoms with Crippen molar-refractivity contribution in [1.82, 2.24) is 39.6 Å². The molecule has 4 aromatic heterocycles. The summed E-state index contributed by atoms with van der Waals surface area (Å²) in [6, 6.07) is 7.77. The molecular formula is C32H35N9O4S. The van der Waals surface area contributed by atoms with Crippen molar-refractivity contribution < 1.29 is 19.1 Å². The highest BCUT2D eigenvalue weighted by Gasteiger charge is 2.27. The maximum Gasteiger partial charge on any atom is 0.309 e. The van der Waals surface area contributed by atoms with Crippen molar-refractivity contribution in [3.63, 3.8) is 0 Å². The minimum atomic E-state index is -0.287. The Labute approximate surface area is 269 Å². The molecule has 7 rings (SSSR count). The minimum Gasteiger partial charge on any atom is -0.494 e. The lowest BCUT2D eigenvalue weighted by Gasteiger charge is -2.30. The predicted molar refractivity (Wildman–Crippen MR) is 175 cm³/mol. The summed E-state index contributed by atoms with van der Waals surface area (Å²) < 4.78 is 14.5. The molecule has 2 N–H and O–H groups in total. The third-order valence-corrected chi connectivity index (χ3v) is 9.50. The van der Waals surface area contributed by atoms with Gasteiger partial charge in [-0.05, 0) is 51.1 Å². The minimum absolute atomic E-state index is 0.0511. The number of methoxy groups -OCH3 is 1. The fourth-order valence-electron chi connectivity index (χ4n) is 6.06. The molecule has 6 heterocycles. The van der Waals surface area contributed by atoms with E-state index in [-0.39, 0.29) is 23.5 Å². The summed E-state index contributed by atoms with van der Waals surface area (Å²) in [7, 11) is 1.63. The zero-order valence-corrected chi connectivity index (χ0v) is 26.5. The first-order valence-corrected chi connectivity index (χ1v) is 16.5. The van der Waals surface area contributed by atoms with Gasteiger partial charge in [-0.3, -0.25) is 14.6 Å². The van der Waals surface area contributed by atoms with E-state index in [2.05, 4.69) is 31.7 Å². The van der Waals surface area contributed by atoms with E-state index >= 15 is 0 Å². The van der Waals surface area contributed by atoms with Crippen LogP contribution in [-0.2, 0) is 9.53 Å². The number of esters is 1. The Morgan fingerprint density at radius 2 is 2.02 bits per heavy atom. The van der Waals surface area contributed by atoms with E-state index in [1.807, 2.05) is 31.3 Å². The molecule has 5 aromatic rings. The fraction of sp³-hybridized carbons (Fsp3) is 0.375. The Morgan fingerprint density at radius 3 is 2.85 bits per heavy atom. The largest absolute Gasteiger partial charge is 0.494 e. The van der Waals surface area contributed by atoms with Crippen LogP contribution in [0.3, 0.4) is 0 Å². The molecule has 0 atom stereocenters. The summed E-state index contributed by atoms with van der Waals surface area (Å²) in [5.41, 5.74) is 4.83. The molecule has 0 spiro atoms. The Bertz CT molecular complexity index is 1910. The smallest absolute Gasteiger partial charge is 0.309 e. The van der Waals surface area contributed by atoms with Crippen LogP contribution in [0.15, 0.2) is 53.9 Å². The van der Waals surface area contributed by atoms with Crippen LogP contribution in [0.25, 0.3) is 33.5 Å². The van der Waals surface area contributed by atoms with Gasteiger partial charge in [-0.15, -0.1) is 11.8 Å². The van der Waals surface area contributed by atoms with E-state index in [4.69, 9.17) is 19.6 Å². The second-order valence-electron chi connectivity index (χ2n) is 11.2. The maximum absolute atomic E-state index is 13.7. The number of hydrogen-bond acceptors (Lipinski definition) is 11. The Morgan fingerprint density at radius 1 is 1.15 bits per heavy atom. The standard InChI is InChI=1S/C32H35N9O4S/c1-3-45-32(43)20-5-11-39(12-6-20)13-8-35-31(42)29-22-18-36-23(21-19-37-40-10-4-7-34-30(21)40)15-25(22)41(38-29)26-17-28-24(16-27(26)44-2)33-9-14-46-28/h4,7,10,15-20,33H,3,5-6,8-9,11-14H2,1-2H3,(H,35,42). The molecule has 2 aliphatic rings. The number of hydrogen-bond donors (Lipinski definition) is 2. The van der Waals surface area contributed by atoms with Crippen molar-refractivity contribution in [1.29, 1.82) is 0 Å². The van der Waals surface area contributed by atoms with E-state index in [1.54, 1.807) is 46.7 Å². The molecule has 238 valence electrons. The summed E-state index contributed by atoms with van der Waals surface area (Å²) in [5.74, 6) is 1.13. The number of fused-ring (bicyclic) bond motifs is 3. The number of ether oxygens (including phenoxy) is 2. The van der Waals surface area contributed by atoms with Gasteiger partial charge in [0, 0.05) is 54.9 Å². The van der Waals surface area contributed by atoms with Crippen molar-refractivity contribution in [2.75, 3.05) is 57.5 Å². The Hall–Kier alpha value is -4.69. The predicted octanol–water partition coefficient (Wildman–Crippen LogP) is 3.66. The topological polar surface area (TPSA) is 141 Å². The second kappa shape index (κ2) is 13.0. The zero-order chi connectivity index (χ0) is 31.6. The number of benzene rings is 1. The Kier molecular flexibility index (Phi) is 8.45. The summed E-state index contributed by atoms with van der Waals surface area (Å²) >= 11 is 1.77. The quantitative estimate of drug-likeness (QED) is 0.228. The molecule has 1 fully saturated rings. The Balaban J connectivity index is 1.19. The number of carbonyl (C=O) groups is 2. The lowest BCUT2D eigenvalue weighted by molar-refractivity contribution is -0.149. The van der Waals surface area contributed by atoms with Crippen molar-refractivity contribution in [2.45, 2.75) is 24.7 Å². The number of likely N-dealkylation sites (tertiary alicyclic amines) is 1. The number of amides is 1. The van der Waals surface area contributed by atoms with E-state index in [0.717, 1.165) is 60.1 Å². The van der Waals surface area contributed by atoms with Crippen molar-refractivity contribution in [3.05, 3.63) is 54.7 Å². The molecule has 0 aliphatic carbocycles. The third-order valence-electron chi connectivity index (χ3n) is 8.44. The number of nitrogens with zero attached hydrogens (tertiary/aromatic N) is 7. The third kappa shape index (κ3) is 5.73. The first-order chi connectivity index (χ1) is 22.5. The summed E-state index contributed by atoms with van der Waals surface area (Å²) in [6.45, 7) is 5.80. The number of anilines is 1. The molecule has 14 heteroatoms. The van der Waals surface area contributed by atoms with E-state index in [9.17, 15) is 9.59 Å². The summed E-state index contributed by atoms with van der Waals surface area (Å²) in [6.07, 6.45) is 8.50. The fourth-order valence-corrected chi connectivity index (χ4v) is 6.97. The van der Waals surface area contributed by atoms with Crippen LogP contribution in [0.2, 0.25) is 0 Å². The average molecular weight is 642 g/mol. The number of thioether (sulfide) groups is 1. The molecule has 1 aromatic carbocycles. The lowest BCUT2D eigenvalue weighted by Crippen LogP contribution is -2.41. The van der Waals surface area contributed by atoms with Crippen molar-refractivity contribution in [3.8, 4) is 22.7 Å². The highest BCUT2D eigenvalue weighted by Crippen LogP contribution is 2.39. The van der Waals surface area contributed by atoms with Gasteiger partial charge in [-0.1, -0.05) is 0 Å². The molecule has 0 bridgehead atoms. The molecule has 0 saturated carbocycles. The van der Waals surface area contributed by atoms with Gasteiger partial charge in [0.15, 0.2) is 11.3 Å². The monoisotopic (exact) mass is 641 g/mol. The van der Waals surface area contributed by atoms with Gasteiger partial charge < -0.3 is 25.0 Å². The lowest BCUT2D eigenvalue weighted by atomic mass is 9.97. The molecule has 0 radical (unpaired) electrons. The molecule has 1 saturated heterocycles. The maximum atomic E-state index is 13.7. The van der Waals surface area contributed by atoms with Crippen molar-refractivity contribution >= 4 is 45.9 Å². The van der Waals surface area contributed by atoms with E-state index in [1.165, 1.54) is 0 Å². The number of nitrogens with one attached hydrogen (secondary N) is 2. The number of carbonyl (C=O) groups excluding carboxylic acids is 2. The molecule has 0 unspecified atom stereocenters. The van der Waals surface area contributed by atoms with Gasteiger partial charge in [-0.25, -0.2) is 14.2 Å². The highest BCUT2D eigenvalue weighted by atomic mass is 32.2. The van der Waals surface area contributed by atoms with Gasteiger partial charge in [0.05, 0.1) is 53.7 Å². The molecule has 2 aliphatic heterocycles. The average Bonchev–Trinajstić information content (AvgIpc) is 3.70. The van der Waals surface area contributed by atoms with Crippen LogP contribution in [0.5, 0.6) is 5.75 Å². The van der Waals surface area contributed by atoms with E-state index < -0.39 is 0 Å². The van der Waals surface area contributed by atoms with Gasteiger partial charge in [0.1, 0.15) is 11.4 Å². The van der Waals surface area contributed by atoms with Gasteiger partial charge in [0.2, 0.25) is 0 Å². The molecule has 13 nitrogen and oxygen atoms in total. The molecule has 46 heavy (non-hydrogen) atoms. The zero-order valence-electron chi connectivity index (χ0n) is 25.7. The van der Waals surface area contributed by atoms with Gasteiger partial charge in [0.25, 0.3) is 5.91 Å². The second-order valence-corrected chi connectivity index (χ2v) is 12.3. The number of aromatic nitrogens is 6. The first-order valence-electron chi connectivity index (χ1n) is 15.5. The van der Waals surface area contributed by atoms with Crippen LogP contribution in [0, 0.1) is 5.92 Å². The SMILES string of the molecule is CCOC(=O)C1CCN(CCNC(=O)c2nn(-c3cc4c(cc3OC)NCCS4)c3cc(-c4cnn5cccnc45)ncc23)CC1. The highest BCUT2D eigenvalue weighted by molar-refractivity contribution is 7.99.